The molecule has 86 valence electrons. The number of rotatable bonds is 1. The zero-order valence-corrected chi connectivity index (χ0v) is 9.11. The molecule has 1 aliphatic rings. The van der Waals surface area contributed by atoms with Crippen molar-refractivity contribution < 1.29 is 19.5 Å². The SMILES string of the molecule is CC(C)(C)OC(=O)N[C@@H]1CCN(O)C1=O. The van der Waals surface area contributed by atoms with Gasteiger partial charge >= 0.3 is 6.09 Å². The second kappa shape index (κ2) is 4.06. The first-order valence-electron chi connectivity index (χ1n) is 4.79. The minimum atomic E-state index is -0.676. The zero-order valence-electron chi connectivity index (χ0n) is 9.11. The number of amides is 2. The molecule has 1 aliphatic heterocycles. The smallest absolute Gasteiger partial charge is 0.408 e. The Morgan fingerprint density at radius 1 is 1.60 bits per heavy atom. The van der Waals surface area contributed by atoms with E-state index in [1.165, 1.54) is 0 Å². The lowest BCUT2D eigenvalue weighted by molar-refractivity contribution is -0.158. The van der Waals surface area contributed by atoms with Gasteiger partial charge in [0.1, 0.15) is 11.6 Å². The molecule has 1 fully saturated rings. The zero-order chi connectivity index (χ0) is 11.6. The molecule has 0 aromatic carbocycles. The molecular formula is C9H16N2O4. The number of ether oxygens (including phenoxy) is 1. The van der Waals surface area contributed by atoms with Gasteiger partial charge in [-0.15, -0.1) is 0 Å². The summed E-state index contributed by atoms with van der Waals surface area (Å²) in [4.78, 5) is 22.5. The second-order valence-corrected chi connectivity index (χ2v) is 4.45. The average molecular weight is 216 g/mol. The minimum Gasteiger partial charge on any atom is -0.444 e. The van der Waals surface area contributed by atoms with Gasteiger partial charge in [-0.1, -0.05) is 0 Å². The molecule has 0 saturated carbocycles. The van der Waals surface area contributed by atoms with Crippen molar-refractivity contribution in [3.8, 4) is 0 Å². The third-order valence-electron chi connectivity index (χ3n) is 1.87. The highest BCUT2D eigenvalue weighted by Gasteiger charge is 2.33. The monoisotopic (exact) mass is 216 g/mol. The van der Waals surface area contributed by atoms with E-state index in [-0.39, 0.29) is 6.54 Å². The van der Waals surface area contributed by atoms with Crippen molar-refractivity contribution in [1.29, 1.82) is 0 Å². The lowest BCUT2D eigenvalue weighted by Gasteiger charge is -2.21. The van der Waals surface area contributed by atoms with E-state index in [1.807, 2.05) is 0 Å². The van der Waals surface area contributed by atoms with Gasteiger partial charge in [0.25, 0.3) is 5.91 Å². The van der Waals surface area contributed by atoms with E-state index in [4.69, 9.17) is 9.94 Å². The Kier molecular flexibility index (Phi) is 3.18. The van der Waals surface area contributed by atoms with E-state index in [0.717, 1.165) is 0 Å². The predicted molar refractivity (Wildman–Crippen MR) is 51.3 cm³/mol. The number of hydroxylamine groups is 2. The van der Waals surface area contributed by atoms with Gasteiger partial charge in [-0.3, -0.25) is 10.0 Å². The molecule has 0 aromatic rings. The van der Waals surface area contributed by atoms with Crippen LogP contribution in [0.15, 0.2) is 0 Å². The summed E-state index contributed by atoms with van der Waals surface area (Å²) in [5.41, 5.74) is -0.593. The van der Waals surface area contributed by atoms with Gasteiger partial charge < -0.3 is 10.1 Å². The number of nitrogens with zero attached hydrogens (tertiary/aromatic N) is 1. The topological polar surface area (TPSA) is 78.9 Å². The summed E-state index contributed by atoms with van der Waals surface area (Å²) in [6.45, 7) is 5.45. The maximum atomic E-state index is 11.3. The van der Waals surface area contributed by atoms with Crippen LogP contribution in [0.1, 0.15) is 27.2 Å². The summed E-state index contributed by atoms with van der Waals surface area (Å²) in [6.07, 6.45) is -0.245. The molecule has 1 rings (SSSR count). The number of carbonyl (C=O) groups is 2. The van der Waals surface area contributed by atoms with Crippen LogP contribution in [0, 0.1) is 0 Å². The van der Waals surface area contributed by atoms with E-state index < -0.39 is 23.6 Å². The first-order valence-corrected chi connectivity index (χ1v) is 4.79. The van der Waals surface area contributed by atoms with Crippen LogP contribution in [0.2, 0.25) is 0 Å². The van der Waals surface area contributed by atoms with Gasteiger partial charge in [0, 0.05) is 0 Å². The highest BCUT2D eigenvalue weighted by molar-refractivity contribution is 5.86. The van der Waals surface area contributed by atoms with Crippen molar-refractivity contribution in [3.63, 3.8) is 0 Å². The highest BCUT2D eigenvalue weighted by atomic mass is 16.6. The summed E-state index contributed by atoms with van der Waals surface area (Å²) < 4.78 is 4.98. The molecule has 2 N–H and O–H groups in total. The molecule has 0 aromatic heterocycles. The van der Waals surface area contributed by atoms with Crippen LogP contribution < -0.4 is 5.32 Å². The Morgan fingerprint density at radius 2 is 2.20 bits per heavy atom. The van der Waals surface area contributed by atoms with Crippen molar-refractivity contribution in [1.82, 2.24) is 10.4 Å². The van der Waals surface area contributed by atoms with Gasteiger partial charge in [-0.05, 0) is 27.2 Å². The van der Waals surface area contributed by atoms with Crippen LogP contribution in [0.5, 0.6) is 0 Å². The Morgan fingerprint density at radius 3 is 2.60 bits per heavy atom. The lowest BCUT2D eigenvalue weighted by atomic mass is 10.2. The molecule has 1 saturated heterocycles. The van der Waals surface area contributed by atoms with Crippen LogP contribution >= 0.6 is 0 Å². The maximum absolute atomic E-state index is 11.3. The molecule has 6 heteroatoms. The first kappa shape index (κ1) is 11.8. The summed E-state index contributed by atoms with van der Waals surface area (Å²) >= 11 is 0. The fraction of sp³-hybridized carbons (Fsp3) is 0.778. The molecule has 1 atom stereocenters. The van der Waals surface area contributed by atoms with Crippen molar-refractivity contribution in [2.45, 2.75) is 38.8 Å². The standard InChI is InChI=1S/C9H16N2O4/c1-9(2,3)15-8(13)10-6-4-5-11(14)7(6)12/h6,14H,4-5H2,1-3H3,(H,10,13)/t6-/m1/s1. The van der Waals surface area contributed by atoms with Crippen molar-refractivity contribution in [3.05, 3.63) is 0 Å². The van der Waals surface area contributed by atoms with Gasteiger partial charge in [-0.2, -0.15) is 0 Å². The van der Waals surface area contributed by atoms with Crippen molar-refractivity contribution >= 4 is 12.0 Å². The molecule has 2 amide bonds. The van der Waals surface area contributed by atoms with E-state index in [0.29, 0.717) is 11.5 Å². The van der Waals surface area contributed by atoms with E-state index in [1.54, 1.807) is 20.8 Å². The number of hydrogen-bond acceptors (Lipinski definition) is 4. The predicted octanol–water partition coefficient (Wildman–Crippen LogP) is 0.501. The van der Waals surface area contributed by atoms with E-state index in [2.05, 4.69) is 5.32 Å². The third kappa shape index (κ3) is 3.39. The van der Waals surface area contributed by atoms with E-state index in [9.17, 15) is 9.59 Å². The summed E-state index contributed by atoms with van der Waals surface area (Å²) in [7, 11) is 0. The van der Waals surface area contributed by atoms with Gasteiger partial charge in [0.15, 0.2) is 0 Å². The Labute approximate surface area is 88.1 Å². The van der Waals surface area contributed by atoms with Crippen LogP contribution in [0.4, 0.5) is 4.79 Å². The molecule has 0 unspecified atom stereocenters. The quantitative estimate of drug-likeness (QED) is 0.626. The van der Waals surface area contributed by atoms with Crippen LogP contribution in [0.3, 0.4) is 0 Å². The molecule has 1 heterocycles. The number of carbonyl (C=O) groups excluding carboxylic acids is 2. The fourth-order valence-electron chi connectivity index (χ4n) is 1.25. The molecule has 0 spiro atoms. The average Bonchev–Trinajstić information content (AvgIpc) is 2.32. The molecular weight excluding hydrogens is 200 g/mol. The van der Waals surface area contributed by atoms with Crippen LogP contribution in [-0.2, 0) is 9.53 Å². The molecule has 0 radical (unpaired) electrons. The van der Waals surface area contributed by atoms with Gasteiger partial charge in [-0.25, -0.2) is 9.86 Å². The summed E-state index contributed by atoms with van der Waals surface area (Å²) in [5.74, 6) is -0.499. The molecule has 0 bridgehead atoms. The third-order valence-corrected chi connectivity index (χ3v) is 1.87. The van der Waals surface area contributed by atoms with E-state index >= 15 is 0 Å². The number of alkyl carbamates (subject to hydrolysis) is 1. The minimum absolute atomic E-state index is 0.235. The molecule has 15 heavy (non-hydrogen) atoms. The highest BCUT2D eigenvalue weighted by Crippen LogP contribution is 2.11. The van der Waals surface area contributed by atoms with Crippen molar-refractivity contribution in [2.24, 2.45) is 0 Å². The maximum Gasteiger partial charge on any atom is 0.408 e. The summed E-state index contributed by atoms with van der Waals surface area (Å²) in [5, 5.41) is 12.0. The second-order valence-electron chi connectivity index (χ2n) is 4.45. The van der Waals surface area contributed by atoms with Gasteiger partial charge in [0.05, 0.1) is 6.54 Å². The molecule has 6 nitrogen and oxygen atoms in total. The normalized spacial score (nSPS) is 21.7. The number of nitrogens with one attached hydrogen (secondary N) is 1. The summed E-state index contributed by atoms with van der Waals surface area (Å²) in [6, 6.07) is -0.676. The Balaban J connectivity index is 2.43. The Bertz CT molecular complexity index is 272. The fourth-order valence-corrected chi connectivity index (χ4v) is 1.25. The number of hydrogen-bond donors (Lipinski definition) is 2. The van der Waals surface area contributed by atoms with Crippen LogP contribution in [-0.4, -0.2) is 40.5 Å². The van der Waals surface area contributed by atoms with Gasteiger partial charge in [0.2, 0.25) is 0 Å². The largest absolute Gasteiger partial charge is 0.444 e. The lowest BCUT2D eigenvalue weighted by Crippen LogP contribution is -2.43. The first-order chi connectivity index (χ1) is 6.79. The molecule has 0 aliphatic carbocycles. The Hall–Kier alpha value is -1.30. The van der Waals surface area contributed by atoms with Crippen LogP contribution in [0.25, 0.3) is 0 Å². The van der Waals surface area contributed by atoms with Crippen molar-refractivity contribution in [2.75, 3.05) is 6.54 Å².